The molecule has 210 valence electrons. The molecule has 2 aromatic heterocycles. The summed E-state index contributed by atoms with van der Waals surface area (Å²) >= 11 is 19.7. The van der Waals surface area contributed by atoms with Crippen LogP contribution in [-0.4, -0.2) is 24.2 Å². The first-order valence-electron chi connectivity index (χ1n) is 13.0. The molecule has 2 heterocycles. The Kier molecular flexibility index (Phi) is 8.21. The molecule has 2 aliphatic carbocycles. The van der Waals surface area contributed by atoms with E-state index < -0.39 is 0 Å². The zero-order chi connectivity index (χ0) is 28.3. The number of rotatable bonds is 10. The Labute approximate surface area is 251 Å². The van der Waals surface area contributed by atoms with Crippen LogP contribution >= 0.6 is 34.8 Å². The Hall–Kier alpha value is -3.49. The molecular formula is C31H25Cl3N2O5. The molecule has 0 spiro atoms. The maximum Gasteiger partial charge on any atom is 0.264 e. The van der Waals surface area contributed by atoms with E-state index in [-0.39, 0.29) is 13.4 Å². The van der Waals surface area contributed by atoms with Gasteiger partial charge in [-0.15, -0.1) is 0 Å². The van der Waals surface area contributed by atoms with Crippen molar-refractivity contribution in [3.05, 3.63) is 104 Å². The lowest BCUT2D eigenvalue weighted by Crippen LogP contribution is -1.98. The minimum absolute atomic E-state index is 0.0838. The van der Waals surface area contributed by atoms with Crippen molar-refractivity contribution in [3.8, 4) is 17.1 Å². The third-order valence-corrected chi connectivity index (χ3v) is 7.74. The zero-order valence-electron chi connectivity index (χ0n) is 22.0. The first-order chi connectivity index (χ1) is 20.0. The van der Waals surface area contributed by atoms with Gasteiger partial charge in [-0.1, -0.05) is 70.3 Å². The van der Waals surface area contributed by atoms with Gasteiger partial charge in [0.05, 0.1) is 26.0 Å². The van der Waals surface area contributed by atoms with E-state index in [4.69, 9.17) is 58.1 Å². The summed E-state index contributed by atoms with van der Waals surface area (Å²) in [6.45, 7) is 0.330. The van der Waals surface area contributed by atoms with E-state index in [2.05, 4.69) is 10.3 Å². The fourth-order valence-corrected chi connectivity index (χ4v) is 5.39. The summed E-state index contributed by atoms with van der Waals surface area (Å²) in [4.78, 5) is 0. The molecule has 2 aromatic carbocycles. The number of aromatic nitrogens is 2. The Morgan fingerprint density at radius 2 is 1.80 bits per heavy atom. The van der Waals surface area contributed by atoms with Gasteiger partial charge in [-0.2, -0.15) is 0 Å². The van der Waals surface area contributed by atoms with Crippen LogP contribution in [0.4, 0.5) is 0 Å². The van der Waals surface area contributed by atoms with Crippen molar-refractivity contribution >= 4 is 51.8 Å². The highest BCUT2D eigenvalue weighted by molar-refractivity contribution is 6.39. The molecule has 0 saturated heterocycles. The lowest BCUT2D eigenvalue weighted by atomic mass is 10.0. The number of allylic oxidation sites excluding steroid dienone is 6. The van der Waals surface area contributed by atoms with Gasteiger partial charge in [-0.25, -0.2) is 0 Å². The molecule has 0 bridgehead atoms. The van der Waals surface area contributed by atoms with E-state index in [1.165, 1.54) is 0 Å². The van der Waals surface area contributed by atoms with Crippen LogP contribution in [0.3, 0.4) is 0 Å². The van der Waals surface area contributed by atoms with E-state index in [1.807, 2.05) is 48.6 Å². The van der Waals surface area contributed by atoms with Gasteiger partial charge in [0, 0.05) is 18.6 Å². The summed E-state index contributed by atoms with van der Waals surface area (Å²) < 4.78 is 27.8. The molecule has 0 radical (unpaired) electrons. The standard InChI is InChI=1S/C31H25Cl3N2O5/c1-37-17-39-31-22-14-18(9-13-27(22)40-36-31)8-10-19-4-2-5-21(15-26(19)34)38-16-23-29(35-41-30(23)20-11-12-20)28-24(32)6-3-7-25(28)33/h3-10,13-15,20H,2,11-12,16-17H2,1H3/b10-8+. The van der Waals surface area contributed by atoms with E-state index in [0.29, 0.717) is 55.9 Å². The first kappa shape index (κ1) is 27.7. The molecule has 0 N–H and O–H groups in total. The highest BCUT2D eigenvalue weighted by Gasteiger charge is 2.33. The van der Waals surface area contributed by atoms with Gasteiger partial charge in [-0.3, -0.25) is 0 Å². The van der Waals surface area contributed by atoms with Crippen molar-refractivity contribution in [2.75, 3.05) is 13.9 Å². The summed E-state index contributed by atoms with van der Waals surface area (Å²) in [6.07, 6.45) is 12.5. The summed E-state index contributed by atoms with van der Waals surface area (Å²) in [5, 5.41) is 10.6. The molecule has 2 aliphatic rings. The topological polar surface area (TPSA) is 79.8 Å². The second kappa shape index (κ2) is 12.2. The number of ether oxygens (including phenoxy) is 3. The lowest BCUT2D eigenvalue weighted by molar-refractivity contribution is 0.0463. The molecule has 0 atom stereocenters. The Balaban J connectivity index is 1.18. The number of methoxy groups -OCH3 is 1. The van der Waals surface area contributed by atoms with Crippen LogP contribution in [0.15, 0.2) is 86.1 Å². The van der Waals surface area contributed by atoms with Crippen molar-refractivity contribution in [3.63, 3.8) is 0 Å². The smallest absolute Gasteiger partial charge is 0.264 e. The SMILES string of the molecule is COCOc1noc2ccc(/C=C/C3=CCC=C(OCc4c(-c5c(Cl)cccc5Cl)noc4C4CC4)C=C3Cl)cc12. The van der Waals surface area contributed by atoms with E-state index >= 15 is 0 Å². The highest BCUT2D eigenvalue weighted by atomic mass is 35.5. The normalized spacial score (nSPS) is 15.6. The molecule has 6 rings (SSSR count). The molecule has 41 heavy (non-hydrogen) atoms. The van der Waals surface area contributed by atoms with E-state index in [1.54, 1.807) is 25.3 Å². The quantitative estimate of drug-likeness (QED) is 0.165. The van der Waals surface area contributed by atoms with Gasteiger partial charge in [0.2, 0.25) is 0 Å². The lowest BCUT2D eigenvalue weighted by Gasteiger charge is -2.10. The monoisotopic (exact) mass is 610 g/mol. The van der Waals surface area contributed by atoms with Gasteiger partial charge in [0.15, 0.2) is 12.4 Å². The van der Waals surface area contributed by atoms with Crippen LogP contribution in [0.2, 0.25) is 10.0 Å². The summed E-state index contributed by atoms with van der Waals surface area (Å²) in [6, 6.07) is 11.1. The largest absolute Gasteiger partial charge is 0.489 e. The van der Waals surface area contributed by atoms with Crippen molar-refractivity contribution in [2.45, 2.75) is 31.8 Å². The number of hydrogen-bond acceptors (Lipinski definition) is 7. The maximum absolute atomic E-state index is 6.73. The van der Waals surface area contributed by atoms with E-state index in [0.717, 1.165) is 40.7 Å². The highest BCUT2D eigenvalue weighted by Crippen LogP contribution is 2.46. The summed E-state index contributed by atoms with van der Waals surface area (Å²) in [5.74, 6) is 2.19. The Morgan fingerprint density at radius 1 is 0.976 bits per heavy atom. The molecular weight excluding hydrogens is 587 g/mol. The molecule has 4 aromatic rings. The third kappa shape index (κ3) is 6.09. The minimum atomic E-state index is 0.0838. The van der Waals surface area contributed by atoms with Crippen LogP contribution in [0.25, 0.3) is 28.3 Å². The molecule has 7 nitrogen and oxygen atoms in total. The number of fused-ring (bicyclic) bond motifs is 1. The Bertz CT molecular complexity index is 1690. The number of halogens is 3. The predicted octanol–water partition coefficient (Wildman–Crippen LogP) is 9.22. The van der Waals surface area contributed by atoms with E-state index in [9.17, 15) is 0 Å². The fraction of sp³-hybridized carbons (Fsp3) is 0.226. The average Bonchev–Trinajstić information content (AvgIpc) is 3.65. The third-order valence-electron chi connectivity index (χ3n) is 6.78. The zero-order valence-corrected chi connectivity index (χ0v) is 24.3. The Morgan fingerprint density at radius 3 is 2.59 bits per heavy atom. The van der Waals surface area contributed by atoms with Crippen molar-refractivity contribution in [1.82, 2.24) is 10.3 Å². The van der Waals surface area contributed by atoms with Crippen LogP contribution in [-0.2, 0) is 16.1 Å². The molecule has 1 fully saturated rings. The van der Waals surface area contributed by atoms with Gasteiger partial charge >= 0.3 is 0 Å². The minimum Gasteiger partial charge on any atom is -0.489 e. The number of nitrogens with zero attached hydrogens (tertiary/aromatic N) is 2. The number of hydrogen-bond donors (Lipinski definition) is 0. The molecule has 0 amide bonds. The van der Waals surface area contributed by atoms with Crippen LogP contribution < -0.4 is 4.74 Å². The van der Waals surface area contributed by atoms with Crippen molar-refractivity contribution < 1.29 is 23.3 Å². The average molecular weight is 612 g/mol. The molecule has 0 aliphatic heterocycles. The van der Waals surface area contributed by atoms with Crippen LogP contribution in [0, 0.1) is 0 Å². The van der Waals surface area contributed by atoms with Crippen molar-refractivity contribution in [1.29, 1.82) is 0 Å². The van der Waals surface area contributed by atoms with Crippen molar-refractivity contribution in [2.24, 2.45) is 0 Å². The summed E-state index contributed by atoms with van der Waals surface area (Å²) in [5.41, 5.74) is 4.54. The summed E-state index contributed by atoms with van der Waals surface area (Å²) in [7, 11) is 1.55. The predicted molar refractivity (Wildman–Crippen MR) is 159 cm³/mol. The van der Waals surface area contributed by atoms with Gasteiger partial charge in [0.25, 0.3) is 5.88 Å². The molecule has 0 unspecified atom stereocenters. The fourth-order valence-electron chi connectivity index (χ4n) is 4.56. The van der Waals surface area contributed by atoms with Crippen LogP contribution in [0.1, 0.15) is 42.1 Å². The van der Waals surface area contributed by atoms with Gasteiger partial charge in [0.1, 0.15) is 23.8 Å². The van der Waals surface area contributed by atoms with Gasteiger partial charge in [-0.05, 0) is 72.0 Å². The first-order valence-corrected chi connectivity index (χ1v) is 14.2. The molecule has 10 heteroatoms. The molecule has 1 saturated carbocycles. The number of benzene rings is 2. The maximum atomic E-state index is 6.73. The van der Waals surface area contributed by atoms with Crippen LogP contribution in [0.5, 0.6) is 5.88 Å². The second-order valence-corrected chi connectivity index (χ2v) is 10.9. The second-order valence-electron chi connectivity index (χ2n) is 9.66. The van der Waals surface area contributed by atoms with Gasteiger partial charge < -0.3 is 23.3 Å².